The van der Waals surface area contributed by atoms with Gasteiger partial charge in [-0.15, -0.1) is 0 Å². The predicted molar refractivity (Wildman–Crippen MR) is 80.0 cm³/mol. The van der Waals surface area contributed by atoms with Gasteiger partial charge >= 0.3 is 0 Å². The van der Waals surface area contributed by atoms with E-state index < -0.39 is 0 Å². The van der Waals surface area contributed by atoms with E-state index in [-0.39, 0.29) is 11.9 Å². The van der Waals surface area contributed by atoms with Crippen molar-refractivity contribution in [3.05, 3.63) is 29.8 Å². The normalized spacial score (nSPS) is 11.6. The molecule has 1 aromatic carbocycles. The van der Waals surface area contributed by atoms with Gasteiger partial charge in [-0.2, -0.15) is 17.0 Å². The number of nitriles is 1. The molecule has 0 bridgehead atoms. The molecule has 0 aliphatic carbocycles. The smallest absolute Gasteiger partial charge is 0.225 e. The molecule has 0 spiro atoms. The van der Waals surface area contributed by atoms with E-state index in [1.54, 1.807) is 36.0 Å². The molecule has 1 amide bonds. The zero-order chi connectivity index (χ0) is 14.1. The van der Waals surface area contributed by atoms with E-state index >= 15 is 0 Å². The Morgan fingerprint density at radius 2 is 2.21 bits per heavy atom. The summed E-state index contributed by atoms with van der Waals surface area (Å²) in [5.74, 6) is 1.68. The van der Waals surface area contributed by atoms with Gasteiger partial charge in [0.25, 0.3) is 0 Å². The number of hydrogen-bond donors (Lipinski definition) is 2. The number of thioether (sulfide) groups is 1. The molecule has 19 heavy (non-hydrogen) atoms. The number of amides is 1. The number of nitrogens with zero attached hydrogens (tertiary/aromatic N) is 1. The summed E-state index contributed by atoms with van der Waals surface area (Å²) in [6.45, 7) is 1.98. The van der Waals surface area contributed by atoms with E-state index in [2.05, 4.69) is 11.4 Å². The number of hydrogen-bond acceptors (Lipinski definition) is 4. The summed E-state index contributed by atoms with van der Waals surface area (Å²) in [7, 11) is 0. The van der Waals surface area contributed by atoms with Gasteiger partial charge in [-0.3, -0.25) is 4.79 Å². The average molecular weight is 277 g/mol. The third-order valence-electron chi connectivity index (χ3n) is 2.51. The van der Waals surface area contributed by atoms with Crippen molar-refractivity contribution in [3.63, 3.8) is 0 Å². The van der Waals surface area contributed by atoms with Crippen LogP contribution in [0, 0.1) is 11.3 Å². The second kappa shape index (κ2) is 8.57. The van der Waals surface area contributed by atoms with Crippen molar-refractivity contribution >= 4 is 23.4 Å². The van der Waals surface area contributed by atoms with Crippen LogP contribution in [0.15, 0.2) is 24.3 Å². The fourth-order valence-electron chi connectivity index (χ4n) is 1.44. The van der Waals surface area contributed by atoms with Crippen LogP contribution in [0.3, 0.4) is 0 Å². The molecular weight excluding hydrogens is 258 g/mol. The van der Waals surface area contributed by atoms with Crippen LogP contribution in [-0.2, 0) is 4.79 Å². The maximum atomic E-state index is 11.7. The molecule has 0 aliphatic rings. The highest BCUT2D eigenvalue weighted by Crippen LogP contribution is 2.14. The topological polar surface area (TPSA) is 78.9 Å². The van der Waals surface area contributed by atoms with Crippen LogP contribution in [-0.4, -0.2) is 23.5 Å². The van der Waals surface area contributed by atoms with Gasteiger partial charge in [-0.25, -0.2) is 0 Å². The first-order valence-electron chi connectivity index (χ1n) is 6.25. The number of benzene rings is 1. The fraction of sp³-hybridized carbons (Fsp3) is 0.429. The Hall–Kier alpha value is -1.51. The third kappa shape index (κ3) is 6.27. The third-order valence-corrected chi connectivity index (χ3v) is 3.53. The van der Waals surface area contributed by atoms with Gasteiger partial charge in [0.2, 0.25) is 5.91 Å². The summed E-state index contributed by atoms with van der Waals surface area (Å²) in [4.78, 5) is 11.7. The number of carbonyl (C=O) groups excluding carboxylic acids is 1. The molecular formula is C14H19N3OS. The van der Waals surface area contributed by atoms with Gasteiger partial charge in [0.05, 0.1) is 11.3 Å². The van der Waals surface area contributed by atoms with E-state index in [0.717, 1.165) is 17.9 Å². The Morgan fingerprint density at radius 3 is 2.89 bits per heavy atom. The van der Waals surface area contributed by atoms with Crippen LogP contribution in [0.2, 0.25) is 0 Å². The minimum absolute atomic E-state index is 0.0593. The summed E-state index contributed by atoms with van der Waals surface area (Å²) in [6.07, 6.45) is 1.41. The van der Waals surface area contributed by atoms with Crippen LogP contribution >= 0.6 is 11.8 Å². The van der Waals surface area contributed by atoms with Gasteiger partial charge in [0.15, 0.2) is 0 Å². The van der Waals surface area contributed by atoms with Crippen molar-refractivity contribution < 1.29 is 4.79 Å². The molecule has 102 valence electrons. The van der Waals surface area contributed by atoms with E-state index in [1.807, 2.05) is 6.92 Å². The van der Waals surface area contributed by atoms with Crippen molar-refractivity contribution in [2.75, 3.05) is 16.8 Å². The largest absolute Gasteiger partial charge is 0.328 e. The number of nitrogens with one attached hydrogen (secondary N) is 1. The first-order chi connectivity index (χ1) is 9.13. The SMILES string of the molecule is CC(N)CCSCCC(=O)Nc1ccccc1C#N. The Labute approximate surface area is 118 Å². The maximum Gasteiger partial charge on any atom is 0.225 e. The van der Waals surface area contributed by atoms with Gasteiger partial charge in [-0.05, 0) is 31.2 Å². The quantitative estimate of drug-likeness (QED) is 0.750. The fourth-order valence-corrected chi connectivity index (χ4v) is 2.51. The Morgan fingerprint density at radius 1 is 1.47 bits per heavy atom. The molecule has 0 radical (unpaired) electrons. The van der Waals surface area contributed by atoms with Crippen LogP contribution in [0.1, 0.15) is 25.3 Å². The number of para-hydroxylation sites is 1. The first-order valence-corrected chi connectivity index (χ1v) is 7.41. The maximum absolute atomic E-state index is 11.7. The molecule has 1 aromatic rings. The first kappa shape index (κ1) is 15.5. The lowest BCUT2D eigenvalue weighted by Gasteiger charge is -2.07. The zero-order valence-corrected chi connectivity index (χ0v) is 11.9. The Bertz CT molecular complexity index is 454. The van der Waals surface area contributed by atoms with Crippen molar-refractivity contribution in [2.24, 2.45) is 5.73 Å². The van der Waals surface area contributed by atoms with Gasteiger partial charge < -0.3 is 11.1 Å². The minimum atomic E-state index is -0.0593. The standard InChI is InChI=1S/C14H19N3OS/c1-11(16)6-8-19-9-7-14(18)17-13-5-3-2-4-12(13)10-15/h2-5,11H,6-9,16H2,1H3,(H,17,18). The molecule has 0 aromatic heterocycles. The van der Waals surface area contributed by atoms with E-state index in [4.69, 9.17) is 11.0 Å². The number of anilines is 1. The van der Waals surface area contributed by atoms with Crippen molar-refractivity contribution in [1.29, 1.82) is 5.26 Å². The van der Waals surface area contributed by atoms with E-state index in [1.165, 1.54) is 0 Å². The highest BCUT2D eigenvalue weighted by molar-refractivity contribution is 7.99. The molecule has 1 rings (SSSR count). The number of carbonyl (C=O) groups is 1. The monoisotopic (exact) mass is 277 g/mol. The zero-order valence-electron chi connectivity index (χ0n) is 11.1. The molecule has 1 atom stereocenters. The minimum Gasteiger partial charge on any atom is -0.328 e. The molecule has 1 unspecified atom stereocenters. The lowest BCUT2D eigenvalue weighted by molar-refractivity contribution is -0.115. The average Bonchev–Trinajstić information content (AvgIpc) is 2.38. The molecule has 0 saturated heterocycles. The summed E-state index contributed by atoms with van der Waals surface area (Å²) < 4.78 is 0. The summed E-state index contributed by atoms with van der Waals surface area (Å²) in [5, 5.41) is 11.7. The van der Waals surface area contributed by atoms with Crippen molar-refractivity contribution in [1.82, 2.24) is 0 Å². The van der Waals surface area contributed by atoms with Gasteiger partial charge in [-0.1, -0.05) is 12.1 Å². The summed E-state index contributed by atoms with van der Waals surface area (Å²) >= 11 is 1.72. The molecule has 5 heteroatoms. The Kier molecular flexibility index (Phi) is 7.01. The lowest BCUT2D eigenvalue weighted by Crippen LogP contribution is -2.16. The van der Waals surface area contributed by atoms with Gasteiger partial charge in [0, 0.05) is 18.2 Å². The number of rotatable bonds is 7. The van der Waals surface area contributed by atoms with E-state index in [0.29, 0.717) is 17.7 Å². The number of nitrogens with two attached hydrogens (primary N) is 1. The predicted octanol–water partition coefficient (Wildman–Crippen LogP) is 2.36. The van der Waals surface area contributed by atoms with E-state index in [9.17, 15) is 4.79 Å². The Balaban J connectivity index is 2.30. The van der Waals surface area contributed by atoms with Crippen LogP contribution in [0.25, 0.3) is 0 Å². The second-order valence-corrected chi connectivity index (χ2v) is 5.56. The molecule has 0 fully saturated rings. The highest BCUT2D eigenvalue weighted by atomic mass is 32.2. The summed E-state index contributed by atoms with van der Waals surface area (Å²) in [6, 6.07) is 9.27. The van der Waals surface area contributed by atoms with Crippen LogP contribution in [0.4, 0.5) is 5.69 Å². The molecule has 0 aliphatic heterocycles. The molecule has 4 nitrogen and oxygen atoms in total. The van der Waals surface area contributed by atoms with Crippen LogP contribution in [0.5, 0.6) is 0 Å². The molecule has 0 saturated carbocycles. The molecule has 0 heterocycles. The van der Waals surface area contributed by atoms with Crippen LogP contribution < -0.4 is 11.1 Å². The van der Waals surface area contributed by atoms with Gasteiger partial charge in [0.1, 0.15) is 6.07 Å². The van der Waals surface area contributed by atoms with Crippen molar-refractivity contribution in [2.45, 2.75) is 25.8 Å². The lowest BCUT2D eigenvalue weighted by atomic mass is 10.2. The summed E-state index contributed by atoms with van der Waals surface area (Å²) in [5.41, 5.74) is 6.71. The second-order valence-electron chi connectivity index (χ2n) is 4.33. The molecule has 3 N–H and O–H groups in total. The van der Waals surface area contributed by atoms with Crippen molar-refractivity contribution in [3.8, 4) is 6.07 Å². The highest BCUT2D eigenvalue weighted by Gasteiger charge is 2.06.